The van der Waals surface area contributed by atoms with Crippen molar-refractivity contribution in [2.45, 2.75) is 13.8 Å². The van der Waals surface area contributed by atoms with Crippen LogP contribution < -0.4 is 5.32 Å². The van der Waals surface area contributed by atoms with Gasteiger partial charge in [0.2, 0.25) is 0 Å². The molecule has 6 nitrogen and oxygen atoms in total. The summed E-state index contributed by atoms with van der Waals surface area (Å²) in [6.45, 7) is 3.23. The van der Waals surface area contributed by atoms with Crippen LogP contribution in [0.1, 0.15) is 31.8 Å². The first-order valence-electron chi connectivity index (χ1n) is 7.63. The average Bonchev–Trinajstić information content (AvgIpc) is 2.60. The number of aryl methyl sites for hydroxylation is 2. The molecule has 1 amide bonds. The Morgan fingerprint density at radius 3 is 2.36 bits per heavy atom. The quantitative estimate of drug-likeness (QED) is 0.846. The molecular weight excluding hydrogens is 322 g/mol. The Morgan fingerprint density at radius 2 is 1.68 bits per heavy atom. The summed E-state index contributed by atoms with van der Waals surface area (Å²) in [5, 5.41) is 2.62. The first kappa shape index (κ1) is 18.2. The van der Waals surface area contributed by atoms with E-state index in [4.69, 9.17) is 4.74 Å². The number of hydrogen-bond donors (Lipinski definition) is 1. The van der Waals surface area contributed by atoms with Gasteiger partial charge in [0.15, 0.2) is 6.61 Å². The van der Waals surface area contributed by atoms with Gasteiger partial charge in [0.25, 0.3) is 5.91 Å². The molecule has 0 unspecified atom stereocenters. The maximum Gasteiger partial charge on any atom is 0.338 e. The smallest absolute Gasteiger partial charge is 0.338 e. The minimum Gasteiger partial charge on any atom is -0.465 e. The number of amides is 1. The molecular formula is C19H19NO5. The van der Waals surface area contributed by atoms with Gasteiger partial charge in [-0.05, 0) is 43.7 Å². The van der Waals surface area contributed by atoms with Crippen molar-refractivity contribution in [2.75, 3.05) is 19.0 Å². The van der Waals surface area contributed by atoms with Gasteiger partial charge < -0.3 is 14.8 Å². The van der Waals surface area contributed by atoms with E-state index in [0.717, 1.165) is 11.1 Å². The summed E-state index contributed by atoms with van der Waals surface area (Å²) in [4.78, 5) is 35.5. The molecule has 25 heavy (non-hydrogen) atoms. The molecule has 0 aliphatic rings. The maximum absolute atomic E-state index is 12.0. The Balaban J connectivity index is 1.98. The van der Waals surface area contributed by atoms with Crippen LogP contribution in [0.25, 0.3) is 0 Å². The van der Waals surface area contributed by atoms with Crippen LogP contribution in [0.5, 0.6) is 0 Å². The lowest BCUT2D eigenvalue weighted by atomic mass is 10.1. The van der Waals surface area contributed by atoms with Crippen molar-refractivity contribution in [3.8, 4) is 0 Å². The fourth-order valence-electron chi connectivity index (χ4n) is 2.17. The molecule has 130 valence electrons. The molecule has 2 aromatic rings. The van der Waals surface area contributed by atoms with Gasteiger partial charge in [-0.3, -0.25) is 4.79 Å². The SMILES string of the molecule is COC(=O)c1ccc(C)c(NC(=O)COC(=O)c2cccc(C)c2)c1. The highest BCUT2D eigenvalue weighted by atomic mass is 16.5. The van der Waals surface area contributed by atoms with Crippen molar-refractivity contribution in [1.29, 1.82) is 0 Å². The zero-order valence-electron chi connectivity index (χ0n) is 14.3. The number of hydrogen-bond acceptors (Lipinski definition) is 5. The fraction of sp³-hybridized carbons (Fsp3) is 0.211. The lowest BCUT2D eigenvalue weighted by Crippen LogP contribution is -2.21. The molecule has 0 aliphatic carbocycles. The summed E-state index contributed by atoms with van der Waals surface area (Å²) in [6.07, 6.45) is 0. The third-order valence-corrected chi connectivity index (χ3v) is 3.52. The van der Waals surface area contributed by atoms with Gasteiger partial charge in [0, 0.05) is 5.69 Å². The van der Waals surface area contributed by atoms with Crippen molar-refractivity contribution in [3.63, 3.8) is 0 Å². The van der Waals surface area contributed by atoms with Crippen molar-refractivity contribution >= 4 is 23.5 Å². The van der Waals surface area contributed by atoms with Crippen LogP contribution in [0.4, 0.5) is 5.69 Å². The van der Waals surface area contributed by atoms with Crippen LogP contribution in [0.15, 0.2) is 42.5 Å². The molecule has 0 aliphatic heterocycles. The second-order valence-electron chi connectivity index (χ2n) is 5.52. The second-order valence-corrected chi connectivity index (χ2v) is 5.52. The van der Waals surface area contributed by atoms with Gasteiger partial charge in [-0.25, -0.2) is 9.59 Å². The number of rotatable bonds is 5. The normalized spacial score (nSPS) is 10.0. The van der Waals surface area contributed by atoms with E-state index in [1.165, 1.54) is 13.2 Å². The van der Waals surface area contributed by atoms with E-state index in [9.17, 15) is 14.4 Å². The van der Waals surface area contributed by atoms with Gasteiger partial charge in [0.1, 0.15) is 0 Å². The second kappa shape index (κ2) is 8.10. The molecule has 0 spiro atoms. The number of benzene rings is 2. The Morgan fingerprint density at radius 1 is 0.960 bits per heavy atom. The summed E-state index contributed by atoms with van der Waals surface area (Å²) in [5.41, 5.74) is 2.86. The topological polar surface area (TPSA) is 81.7 Å². The van der Waals surface area contributed by atoms with Crippen LogP contribution in [0.3, 0.4) is 0 Å². The third-order valence-electron chi connectivity index (χ3n) is 3.52. The predicted molar refractivity (Wildman–Crippen MR) is 92.6 cm³/mol. The van der Waals surface area contributed by atoms with E-state index in [1.807, 2.05) is 13.0 Å². The molecule has 6 heteroatoms. The van der Waals surface area contributed by atoms with E-state index in [-0.39, 0.29) is 0 Å². The molecule has 0 radical (unpaired) electrons. The van der Waals surface area contributed by atoms with E-state index in [2.05, 4.69) is 10.1 Å². The largest absolute Gasteiger partial charge is 0.465 e. The number of carbonyl (C=O) groups is 3. The summed E-state index contributed by atoms with van der Waals surface area (Å²) in [5.74, 6) is -1.56. The Bertz CT molecular complexity index is 813. The van der Waals surface area contributed by atoms with Gasteiger partial charge >= 0.3 is 11.9 Å². The summed E-state index contributed by atoms with van der Waals surface area (Å²) < 4.78 is 9.67. The summed E-state index contributed by atoms with van der Waals surface area (Å²) in [6, 6.07) is 11.7. The first-order chi connectivity index (χ1) is 11.9. The minimum atomic E-state index is -0.570. The third kappa shape index (κ3) is 4.91. The lowest BCUT2D eigenvalue weighted by molar-refractivity contribution is -0.119. The standard InChI is InChI=1S/C19H19NO5/c1-12-5-4-6-14(9-12)19(23)25-11-17(21)20-16-10-15(18(22)24-3)8-7-13(16)2/h4-10H,11H2,1-3H3,(H,20,21). The van der Waals surface area contributed by atoms with Gasteiger partial charge in [-0.2, -0.15) is 0 Å². The molecule has 0 aromatic heterocycles. The van der Waals surface area contributed by atoms with Crippen LogP contribution in [-0.2, 0) is 14.3 Å². The minimum absolute atomic E-state index is 0.320. The zero-order valence-corrected chi connectivity index (χ0v) is 14.3. The summed E-state index contributed by atoms with van der Waals surface area (Å²) >= 11 is 0. The number of methoxy groups -OCH3 is 1. The monoisotopic (exact) mass is 341 g/mol. The molecule has 0 saturated carbocycles. The summed E-state index contributed by atoms with van der Waals surface area (Å²) in [7, 11) is 1.28. The molecule has 0 heterocycles. The molecule has 1 N–H and O–H groups in total. The Labute approximate surface area is 145 Å². The van der Waals surface area contributed by atoms with Crippen molar-refractivity contribution in [1.82, 2.24) is 0 Å². The highest BCUT2D eigenvalue weighted by Crippen LogP contribution is 2.17. The first-order valence-corrected chi connectivity index (χ1v) is 7.63. The van der Waals surface area contributed by atoms with Crippen LogP contribution >= 0.6 is 0 Å². The van der Waals surface area contributed by atoms with Gasteiger partial charge in [-0.15, -0.1) is 0 Å². The molecule has 0 fully saturated rings. The molecule has 0 atom stereocenters. The molecule has 2 aromatic carbocycles. The Kier molecular flexibility index (Phi) is 5.89. The van der Waals surface area contributed by atoms with Gasteiger partial charge in [0.05, 0.1) is 18.2 Å². The predicted octanol–water partition coefficient (Wildman–Crippen LogP) is 2.89. The highest BCUT2D eigenvalue weighted by Gasteiger charge is 2.13. The van der Waals surface area contributed by atoms with E-state index in [1.54, 1.807) is 37.3 Å². The average molecular weight is 341 g/mol. The highest BCUT2D eigenvalue weighted by molar-refractivity contribution is 5.97. The van der Waals surface area contributed by atoms with Crippen molar-refractivity contribution in [2.24, 2.45) is 0 Å². The molecule has 0 bridgehead atoms. The number of esters is 2. The van der Waals surface area contributed by atoms with Crippen molar-refractivity contribution < 1.29 is 23.9 Å². The molecule has 2 rings (SSSR count). The molecule has 0 saturated heterocycles. The lowest BCUT2D eigenvalue weighted by Gasteiger charge is -2.10. The maximum atomic E-state index is 12.0. The number of ether oxygens (including phenoxy) is 2. The zero-order chi connectivity index (χ0) is 18.4. The van der Waals surface area contributed by atoms with Crippen LogP contribution in [0.2, 0.25) is 0 Å². The van der Waals surface area contributed by atoms with Gasteiger partial charge in [-0.1, -0.05) is 23.8 Å². The Hall–Kier alpha value is -3.15. The number of anilines is 1. The number of carbonyl (C=O) groups excluding carboxylic acids is 3. The van der Waals surface area contributed by atoms with E-state index in [0.29, 0.717) is 16.8 Å². The van der Waals surface area contributed by atoms with E-state index < -0.39 is 24.5 Å². The van der Waals surface area contributed by atoms with E-state index >= 15 is 0 Å². The van der Waals surface area contributed by atoms with Crippen LogP contribution in [-0.4, -0.2) is 31.6 Å². The van der Waals surface area contributed by atoms with Crippen molar-refractivity contribution in [3.05, 3.63) is 64.7 Å². The van der Waals surface area contributed by atoms with Crippen LogP contribution in [0, 0.1) is 13.8 Å². The fourth-order valence-corrected chi connectivity index (χ4v) is 2.17. The number of nitrogens with one attached hydrogen (secondary N) is 1.